The Morgan fingerprint density at radius 2 is 2.23 bits per heavy atom. The van der Waals surface area contributed by atoms with Crippen LogP contribution in [-0.2, 0) is 0 Å². The largest absolute Gasteiger partial charge is 0.429 e. The number of carbonyl (C=O) groups is 1. The Kier molecular flexibility index (Phi) is 3.31. The lowest BCUT2D eigenvalue weighted by molar-refractivity contribution is 0.0861. The van der Waals surface area contributed by atoms with Gasteiger partial charge in [0.05, 0.1) is 5.52 Å². The number of carbonyl (C=O) groups excluding carboxylic acids is 1. The van der Waals surface area contributed by atoms with Gasteiger partial charge in [-0.05, 0) is 61.5 Å². The predicted octanol–water partition coefficient (Wildman–Crippen LogP) is 2.63. The van der Waals surface area contributed by atoms with E-state index in [1.54, 1.807) is 18.2 Å². The van der Waals surface area contributed by atoms with E-state index in [1.807, 2.05) is 0 Å². The van der Waals surface area contributed by atoms with E-state index in [4.69, 9.17) is 16.6 Å². The van der Waals surface area contributed by atoms with Crippen LogP contribution in [0.5, 0.6) is 0 Å². The number of benzene rings is 1. The van der Waals surface area contributed by atoms with Gasteiger partial charge in [-0.3, -0.25) is 4.79 Å². The number of aromatic amines is 1. The minimum atomic E-state index is -0.111. The lowest BCUT2D eigenvalue weighted by Crippen LogP contribution is -2.45. The van der Waals surface area contributed by atoms with Crippen LogP contribution in [0.2, 0.25) is 0 Å². The maximum absolute atomic E-state index is 12.5. The van der Waals surface area contributed by atoms with E-state index < -0.39 is 0 Å². The molecule has 2 saturated carbocycles. The zero-order chi connectivity index (χ0) is 15.3. The van der Waals surface area contributed by atoms with Crippen LogP contribution in [0.3, 0.4) is 0 Å². The minimum absolute atomic E-state index is 0.0876. The number of hydrogen-bond acceptors (Lipinski definition) is 4. The average molecular weight is 318 g/mol. The highest BCUT2D eigenvalue weighted by Crippen LogP contribution is 2.48. The predicted molar refractivity (Wildman–Crippen MR) is 84.1 cm³/mol. The number of H-pyrrole nitrogens is 1. The summed E-state index contributed by atoms with van der Waals surface area (Å²) < 4.78 is 5.36. The number of amides is 1. The first-order chi connectivity index (χ1) is 10.7. The number of aliphatic hydroxyl groups is 1. The molecule has 0 radical (unpaired) electrons. The number of aliphatic hydroxyl groups excluding tert-OH is 1. The van der Waals surface area contributed by atoms with E-state index in [-0.39, 0.29) is 24.5 Å². The van der Waals surface area contributed by atoms with Gasteiger partial charge in [-0.1, -0.05) is 0 Å². The number of rotatable bonds is 3. The van der Waals surface area contributed by atoms with Gasteiger partial charge < -0.3 is 19.8 Å². The molecule has 3 N–H and O–H groups in total. The Labute approximate surface area is 132 Å². The lowest BCUT2D eigenvalue weighted by Gasteiger charge is -2.30. The molecule has 0 spiro atoms. The van der Waals surface area contributed by atoms with Gasteiger partial charge in [0, 0.05) is 24.1 Å². The first-order valence-corrected chi connectivity index (χ1v) is 8.11. The Balaban J connectivity index is 1.56. The first kappa shape index (κ1) is 14.0. The second-order valence-corrected chi connectivity index (χ2v) is 6.78. The summed E-state index contributed by atoms with van der Waals surface area (Å²) >= 11 is 4.95. The Bertz CT molecular complexity index is 781. The molecule has 4 atom stereocenters. The third kappa shape index (κ3) is 2.18. The average Bonchev–Trinajstić information content (AvgIpc) is 3.18. The summed E-state index contributed by atoms with van der Waals surface area (Å²) in [5, 5.41) is 12.7. The zero-order valence-corrected chi connectivity index (χ0v) is 12.9. The molecule has 2 fully saturated rings. The van der Waals surface area contributed by atoms with Gasteiger partial charge >= 0.3 is 0 Å². The summed E-state index contributed by atoms with van der Waals surface area (Å²) in [6.45, 7) is 0.150. The van der Waals surface area contributed by atoms with Crippen molar-refractivity contribution in [2.75, 3.05) is 6.61 Å². The van der Waals surface area contributed by atoms with Crippen molar-refractivity contribution < 1.29 is 14.3 Å². The molecule has 0 aliphatic heterocycles. The molecule has 2 aliphatic carbocycles. The molecule has 1 aromatic carbocycles. The molecule has 2 aliphatic rings. The van der Waals surface area contributed by atoms with Crippen molar-refractivity contribution in [1.82, 2.24) is 10.3 Å². The van der Waals surface area contributed by atoms with Crippen molar-refractivity contribution in [2.24, 2.45) is 17.8 Å². The van der Waals surface area contributed by atoms with Crippen molar-refractivity contribution in [1.29, 1.82) is 0 Å². The van der Waals surface area contributed by atoms with Crippen molar-refractivity contribution in [3.05, 3.63) is 28.6 Å². The molecule has 4 rings (SSSR count). The third-order valence-electron chi connectivity index (χ3n) is 5.28. The van der Waals surface area contributed by atoms with Crippen LogP contribution in [0.4, 0.5) is 0 Å². The normalized spacial score (nSPS) is 30.0. The van der Waals surface area contributed by atoms with Gasteiger partial charge in [-0.25, -0.2) is 0 Å². The summed E-state index contributed by atoms with van der Waals surface area (Å²) in [7, 11) is 0. The van der Waals surface area contributed by atoms with Crippen molar-refractivity contribution in [2.45, 2.75) is 25.3 Å². The molecule has 0 saturated heterocycles. The maximum Gasteiger partial charge on any atom is 0.266 e. The van der Waals surface area contributed by atoms with Gasteiger partial charge in [-0.2, -0.15) is 0 Å². The van der Waals surface area contributed by atoms with Crippen LogP contribution in [-0.4, -0.2) is 28.6 Å². The Morgan fingerprint density at radius 3 is 3.05 bits per heavy atom. The van der Waals surface area contributed by atoms with E-state index in [2.05, 4.69) is 10.3 Å². The SMILES string of the molecule is O=C(NC1C2CCC(C2)C1CO)c1ccc2[nH]c(=S)oc2c1. The molecular weight excluding hydrogens is 300 g/mol. The monoisotopic (exact) mass is 318 g/mol. The van der Waals surface area contributed by atoms with Crippen molar-refractivity contribution in [3.63, 3.8) is 0 Å². The van der Waals surface area contributed by atoms with Gasteiger partial charge in [0.25, 0.3) is 10.7 Å². The summed E-state index contributed by atoms with van der Waals surface area (Å²) in [5.74, 6) is 1.15. The fourth-order valence-corrected chi connectivity index (χ4v) is 4.42. The van der Waals surface area contributed by atoms with Crippen LogP contribution < -0.4 is 5.32 Å². The first-order valence-electron chi connectivity index (χ1n) is 7.70. The minimum Gasteiger partial charge on any atom is -0.429 e. The highest BCUT2D eigenvalue weighted by atomic mass is 32.1. The van der Waals surface area contributed by atoms with Crippen LogP contribution in [0.25, 0.3) is 11.1 Å². The molecule has 2 aromatic rings. The molecular formula is C16H18N2O3S. The molecule has 2 bridgehead atoms. The second-order valence-electron chi connectivity index (χ2n) is 6.40. The molecule has 1 amide bonds. The summed E-state index contributed by atoms with van der Waals surface area (Å²) in [4.78, 5) is 15.7. The Hall–Kier alpha value is -1.66. The van der Waals surface area contributed by atoms with Crippen LogP contribution in [0.15, 0.2) is 22.6 Å². The molecule has 4 unspecified atom stereocenters. The number of hydrogen-bond donors (Lipinski definition) is 3. The Morgan fingerprint density at radius 1 is 1.41 bits per heavy atom. The van der Waals surface area contributed by atoms with Crippen LogP contribution >= 0.6 is 12.2 Å². The third-order valence-corrected chi connectivity index (χ3v) is 5.47. The van der Waals surface area contributed by atoms with Crippen molar-refractivity contribution >= 4 is 29.2 Å². The quantitative estimate of drug-likeness (QED) is 0.760. The number of aromatic nitrogens is 1. The zero-order valence-electron chi connectivity index (χ0n) is 12.0. The standard InChI is InChI=1S/C16H18N2O3S/c19-7-11-8-1-2-9(5-8)14(11)18-15(20)10-3-4-12-13(6-10)21-16(22)17-12/h3-4,6,8-9,11,14,19H,1-2,5,7H2,(H,17,22)(H,18,20). The van der Waals surface area contributed by atoms with Crippen molar-refractivity contribution in [3.8, 4) is 0 Å². The fourth-order valence-electron chi connectivity index (χ4n) is 4.22. The lowest BCUT2D eigenvalue weighted by atomic mass is 9.85. The van der Waals surface area contributed by atoms with E-state index in [1.165, 1.54) is 6.42 Å². The highest BCUT2D eigenvalue weighted by molar-refractivity contribution is 7.71. The van der Waals surface area contributed by atoms with Gasteiger partial charge in [0.1, 0.15) is 0 Å². The fraction of sp³-hybridized carbons (Fsp3) is 0.500. The van der Waals surface area contributed by atoms with Gasteiger partial charge in [0.2, 0.25) is 0 Å². The summed E-state index contributed by atoms with van der Waals surface area (Å²) in [6, 6.07) is 5.36. The summed E-state index contributed by atoms with van der Waals surface area (Å²) in [5.41, 5.74) is 1.93. The van der Waals surface area contributed by atoms with Gasteiger partial charge in [-0.15, -0.1) is 0 Å². The second kappa shape index (κ2) is 5.21. The molecule has 6 heteroatoms. The summed E-state index contributed by atoms with van der Waals surface area (Å²) in [6.07, 6.45) is 3.46. The topological polar surface area (TPSA) is 78.3 Å². The van der Waals surface area contributed by atoms with E-state index >= 15 is 0 Å². The molecule has 1 heterocycles. The maximum atomic E-state index is 12.5. The molecule has 22 heavy (non-hydrogen) atoms. The van der Waals surface area contributed by atoms with Gasteiger partial charge in [0.15, 0.2) is 5.58 Å². The van der Waals surface area contributed by atoms with E-state index in [9.17, 15) is 9.90 Å². The molecule has 116 valence electrons. The van der Waals surface area contributed by atoms with E-state index in [0.717, 1.165) is 18.4 Å². The van der Waals surface area contributed by atoms with Crippen LogP contribution in [0, 0.1) is 22.6 Å². The molecule has 1 aromatic heterocycles. The smallest absolute Gasteiger partial charge is 0.266 e. The molecule has 5 nitrogen and oxygen atoms in total. The van der Waals surface area contributed by atoms with E-state index in [0.29, 0.717) is 27.8 Å². The number of nitrogens with one attached hydrogen (secondary N) is 2. The number of oxazole rings is 1. The number of fused-ring (bicyclic) bond motifs is 3. The van der Waals surface area contributed by atoms with Crippen LogP contribution in [0.1, 0.15) is 29.6 Å². The highest BCUT2D eigenvalue weighted by Gasteiger charge is 2.47.